The molecule has 0 spiro atoms. The molecule has 8 heteroatoms. The number of amides is 4. The SMILES string of the molecule is NC(=O)NCCNC(=O)N(CC(=O)O)C1CCCC1. The van der Waals surface area contributed by atoms with E-state index in [2.05, 4.69) is 10.6 Å². The predicted molar refractivity (Wildman–Crippen MR) is 67.6 cm³/mol. The van der Waals surface area contributed by atoms with Crippen LogP contribution in [0.4, 0.5) is 9.59 Å². The number of hydrogen-bond donors (Lipinski definition) is 4. The maximum atomic E-state index is 11.9. The minimum Gasteiger partial charge on any atom is -0.480 e. The van der Waals surface area contributed by atoms with Gasteiger partial charge in [-0.15, -0.1) is 0 Å². The number of nitrogens with zero attached hydrogens (tertiary/aromatic N) is 1. The molecule has 1 aliphatic rings. The lowest BCUT2D eigenvalue weighted by atomic mass is 10.2. The summed E-state index contributed by atoms with van der Waals surface area (Å²) in [5, 5.41) is 13.8. The van der Waals surface area contributed by atoms with Crippen LogP contribution in [0, 0.1) is 0 Å². The molecule has 1 rings (SSSR count). The highest BCUT2D eigenvalue weighted by Crippen LogP contribution is 2.23. The van der Waals surface area contributed by atoms with Gasteiger partial charge in [-0.3, -0.25) is 4.79 Å². The number of nitrogens with one attached hydrogen (secondary N) is 2. The Morgan fingerprint density at radius 1 is 1.16 bits per heavy atom. The van der Waals surface area contributed by atoms with E-state index >= 15 is 0 Å². The van der Waals surface area contributed by atoms with Crippen molar-refractivity contribution >= 4 is 18.0 Å². The number of carbonyl (C=O) groups is 3. The summed E-state index contributed by atoms with van der Waals surface area (Å²) in [6, 6.07) is -1.09. The Bertz CT molecular complexity index is 342. The molecule has 0 unspecified atom stereocenters. The fourth-order valence-electron chi connectivity index (χ4n) is 2.19. The van der Waals surface area contributed by atoms with E-state index in [1.165, 1.54) is 4.90 Å². The van der Waals surface area contributed by atoms with E-state index in [1.54, 1.807) is 0 Å². The number of rotatable bonds is 6. The molecule has 19 heavy (non-hydrogen) atoms. The Morgan fingerprint density at radius 3 is 2.26 bits per heavy atom. The van der Waals surface area contributed by atoms with E-state index in [1.807, 2.05) is 0 Å². The van der Waals surface area contributed by atoms with Gasteiger partial charge in [0.2, 0.25) is 0 Å². The van der Waals surface area contributed by atoms with Crippen molar-refractivity contribution in [3.05, 3.63) is 0 Å². The minimum absolute atomic E-state index is 0.0137. The Labute approximate surface area is 111 Å². The first-order chi connectivity index (χ1) is 9.00. The lowest BCUT2D eigenvalue weighted by molar-refractivity contribution is -0.138. The van der Waals surface area contributed by atoms with E-state index in [4.69, 9.17) is 10.8 Å². The summed E-state index contributed by atoms with van der Waals surface area (Å²) in [6.45, 7) is 0.122. The summed E-state index contributed by atoms with van der Waals surface area (Å²) in [4.78, 5) is 34.5. The number of primary amides is 1. The van der Waals surface area contributed by atoms with Crippen LogP contribution < -0.4 is 16.4 Å². The monoisotopic (exact) mass is 272 g/mol. The molecule has 0 aromatic carbocycles. The second kappa shape index (κ2) is 7.45. The first-order valence-corrected chi connectivity index (χ1v) is 6.30. The number of carboxylic acids is 1. The average Bonchev–Trinajstić information content (AvgIpc) is 2.84. The van der Waals surface area contributed by atoms with Crippen molar-refractivity contribution in [1.82, 2.24) is 15.5 Å². The fraction of sp³-hybridized carbons (Fsp3) is 0.727. The maximum absolute atomic E-state index is 11.9. The van der Waals surface area contributed by atoms with Gasteiger partial charge >= 0.3 is 18.0 Å². The Kier molecular flexibility index (Phi) is 5.91. The molecule has 1 aliphatic carbocycles. The number of aliphatic carboxylic acids is 1. The largest absolute Gasteiger partial charge is 0.480 e. The van der Waals surface area contributed by atoms with E-state index in [0.717, 1.165) is 25.7 Å². The molecular weight excluding hydrogens is 252 g/mol. The third-order valence-corrected chi connectivity index (χ3v) is 3.03. The third-order valence-electron chi connectivity index (χ3n) is 3.03. The second-order valence-corrected chi connectivity index (χ2v) is 4.48. The molecular formula is C11H20N4O4. The van der Waals surface area contributed by atoms with Crippen molar-refractivity contribution in [2.24, 2.45) is 5.73 Å². The van der Waals surface area contributed by atoms with Crippen molar-refractivity contribution in [3.63, 3.8) is 0 Å². The highest BCUT2D eigenvalue weighted by molar-refractivity contribution is 5.80. The van der Waals surface area contributed by atoms with Crippen LogP contribution in [0.25, 0.3) is 0 Å². The number of hydrogen-bond acceptors (Lipinski definition) is 3. The van der Waals surface area contributed by atoms with E-state index in [0.29, 0.717) is 0 Å². The number of carboxylic acid groups (broad SMARTS) is 1. The highest BCUT2D eigenvalue weighted by atomic mass is 16.4. The van der Waals surface area contributed by atoms with Crippen LogP contribution in [0.1, 0.15) is 25.7 Å². The molecule has 0 heterocycles. The van der Waals surface area contributed by atoms with Crippen LogP contribution in [-0.2, 0) is 4.79 Å². The lowest BCUT2D eigenvalue weighted by Crippen LogP contribution is -2.49. The van der Waals surface area contributed by atoms with Gasteiger partial charge < -0.3 is 26.4 Å². The smallest absolute Gasteiger partial charge is 0.323 e. The fourth-order valence-corrected chi connectivity index (χ4v) is 2.19. The molecule has 5 N–H and O–H groups in total. The Hall–Kier alpha value is -1.99. The van der Waals surface area contributed by atoms with E-state index in [9.17, 15) is 14.4 Å². The van der Waals surface area contributed by atoms with Gasteiger partial charge in [0.15, 0.2) is 0 Å². The number of nitrogens with two attached hydrogens (primary N) is 1. The van der Waals surface area contributed by atoms with Crippen LogP contribution in [0.15, 0.2) is 0 Å². The quantitative estimate of drug-likeness (QED) is 0.495. The summed E-state index contributed by atoms with van der Waals surface area (Å²) < 4.78 is 0. The normalized spacial score (nSPS) is 14.9. The van der Waals surface area contributed by atoms with Crippen LogP contribution in [-0.4, -0.2) is 53.7 Å². The first kappa shape index (κ1) is 15.1. The van der Waals surface area contributed by atoms with Gasteiger partial charge in [0.05, 0.1) is 0 Å². The summed E-state index contributed by atoms with van der Waals surface area (Å²) >= 11 is 0. The summed E-state index contributed by atoms with van der Waals surface area (Å²) in [7, 11) is 0. The zero-order valence-electron chi connectivity index (χ0n) is 10.7. The molecule has 0 aromatic rings. The summed E-state index contributed by atoms with van der Waals surface area (Å²) in [5.41, 5.74) is 4.88. The standard InChI is InChI=1S/C11H20N4O4/c12-10(18)13-5-6-14-11(19)15(7-9(16)17)8-3-1-2-4-8/h8H,1-7H2,(H,14,19)(H,16,17)(H3,12,13,18). The molecule has 0 radical (unpaired) electrons. The van der Waals surface area contributed by atoms with E-state index in [-0.39, 0.29) is 25.7 Å². The van der Waals surface area contributed by atoms with Gasteiger partial charge in [0, 0.05) is 19.1 Å². The van der Waals surface area contributed by atoms with Crippen molar-refractivity contribution < 1.29 is 19.5 Å². The van der Waals surface area contributed by atoms with E-state index < -0.39 is 18.0 Å². The van der Waals surface area contributed by atoms with Crippen LogP contribution in [0.2, 0.25) is 0 Å². The molecule has 1 fully saturated rings. The summed E-state index contributed by atoms with van der Waals surface area (Å²) in [6.07, 6.45) is 3.69. The Balaban J connectivity index is 2.42. The first-order valence-electron chi connectivity index (χ1n) is 6.30. The predicted octanol–water partition coefficient (Wildman–Crippen LogP) is -0.306. The van der Waals surface area contributed by atoms with Crippen molar-refractivity contribution in [3.8, 4) is 0 Å². The molecule has 4 amide bonds. The third kappa shape index (κ3) is 5.45. The molecule has 0 bridgehead atoms. The average molecular weight is 272 g/mol. The number of carbonyl (C=O) groups excluding carboxylic acids is 2. The van der Waals surface area contributed by atoms with Gasteiger partial charge in [0.1, 0.15) is 6.54 Å². The molecule has 108 valence electrons. The van der Waals surface area contributed by atoms with Gasteiger partial charge in [0.25, 0.3) is 0 Å². The lowest BCUT2D eigenvalue weighted by Gasteiger charge is -2.27. The summed E-state index contributed by atoms with van der Waals surface area (Å²) in [5.74, 6) is -1.03. The van der Waals surface area contributed by atoms with Gasteiger partial charge in [-0.05, 0) is 12.8 Å². The van der Waals surface area contributed by atoms with Crippen LogP contribution >= 0.6 is 0 Å². The molecule has 0 aliphatic heterocycles. The van der Waals surface area contributed by atoms with Gasteiger partial charge in [-0.2, -0.15) is 0 Å². The highest BCUT2D eigenvalue weighted by Gasteiger charge is 2.27. The molecule has 0 atom stereocenters. The van der Waals surface area contributed by atoms with Crippen molar-refractivity contribution in [2.45, 2.75) is 31.7 Å². The van der Waals surface area contributed by atoms with Crippen LogP contribution in [0.3, 0.4) is 0 Å². The zero-order valence-corrected chi connectivity index (χ0v) is 10.7. The molecule has 8 nitrogen and oxygen atoms in total. The molecule has 0 aromatic heterocycles. The molecule has 1 saturated carbocycles. The van der Waals surface area contributed by atoms with Crippen molar-refractivity contribution in [1.29, 1.82) is 0 Å². The van der Waals surface area contributed by atoms with Gasteiger partial charge in [-0.1, -0.05) is 12.8 Å². The molecule has 0 saturated heterocycles. The second-order valence-electron chi connectivity index (χ2n) is 4.48. The van der Waals surface area contributed by atoms with Crippen LogP contribution in [0.5, 0.6) is 0 Å². The maximum Gasteiger partial charge on any atom is 0.323 e. The Morgan fingerprint density at radius 2 is 1.74 bits per heavy atom. The number of urea groups is 2. The van der Waals surface area contributed by atoms with Crippen molar-refractivity contribution in [2.75, 3.05) is 19.6 Å². The topological polar surface area (TPSA) is 125 Å². The minimum atomic E-state index is -1.03. The zero-order chi connectivity index (χ0) is 14.3. The van der Waals surface area contributed by atoms with Gasteiger partial charge in [-0.25, -0.2) is 9.59 Å².